The molecular formula is C14H13ClFNO2S. The van der Waals surface area contributed by atoms with E-state index in [0.29, 0.717) is 17.1 Å². The molecule has 3 nitrogen and oxygen atoms in total. The highest BCUT2D eigenvalue weighted by atomic mass is 35.5. The van der Waals surface area contributed by atoms with Crippen LogP contribution < -0.4 is 4.72 Å². The van der Waals surface area contributed by atoms with Gasteiger partial charge in [0.2, 0.25) is 0 Å². The number of alkyl halides is 1. The molecular weight excluding hydrogens is 301 g/mol. The molecule has 1 N–H and O–H groups in total. The third-order valence-electron chi connectivity index (χ3n) is 2.80. The summed E-state index contributed by atoms with van der Waals surface area (Å²) in [6.07, 6.45) is 0. The molecule has 0 unspecified atom stereocenters. The summed E-state index contributed by atoms with van der Waals surface area (Å²) in [6, 6.07) is 10.3. The average Bonchev–Trinajstić information content (AvgIpc) is 2.42. The molecule has 0 saturated heterocycles. The SMILES string of the molecule is Cc1ccc(F)cc1S(=O)(=O)Nc1ccc(CCl)cc1. The van der Waals surface area contributed by atoms with E-state index in [1.807, 2.05) is 0 Å². The molecule has 0 aliphatic heterocycles. The van der Waals surface area contributed by atoms with E-state index in [-0.39, 0.29) is 4.90 Å². The van der Waals surface area contributed by atoms with Crippen LogP contribution in [-0.2, 0) is 15.9 Å². The van der Waals surface area contributed by atoms with Crippen molar-refractivity contribution in [2.75, 3.05) is 4.72 Å². The number of hydrogen-bond acceptors (Lipinski definition) is 2. The Morgan fingerprint density at radius 1 is 1.15 bits per heavy atom. The van der Waals surface area contributed by atoms with E-state index in [1.54, 1.807) is 31.2 Å². The van der Waals surface area contributed by atoms with Crippen LogP contribution in [-0.4, -0.2) is 8.42 Å². The van der Waals surface area contributed by atoms with Crippen molar-refractivity contribution in [3.05, 3.63) is 59.4 Å². The van der Waals surface area contributed by atoms with Crippen molar-refractivity contribution in [1.29, 1.82) is 0 Å². The van der Waals surface area contributed by atoms with Crippen molar-refractivity contribution in [2.24, 2.45) is 0 Å². The molecule has 2 aromatic rings. The van der Waals surface area contributed by atoms with E-state index >= 15 is 0 Å². The first kappa shape index (κ1) is 14.8. The van der Waals surface area contributed by atoms with E-state index in [1.165, 1.54) is 12.1 Å². The smallest absolute Gasteiger partial charge is 0.262 e. The normalized spacial score (nSPS) is 11.3. The summed E-state index contributed by atoms with van der Waals surface area (Å²) >= 11 is 5.67. The predicted molar refractivity (Wildman–Crippen MR) is 77.9 cm³/mol. The lowest BCUT2D eigenvalue weighted by Crippen LogP contribution is -2.14. The maximum absolute atomic E-state index is 13.2. The molecule has 0 fully saturated rings. The molecule has 2 aromatic carbocycles. The van der Waals surface area contributed by atoms with Gasteiger partial charge in [0.15, 0.2) is 0 Å². The Labute approximate surface area is 122 Å². The summed E-state index contributed by atoms with van der Waals surface area (Å²) < 4.78 is 40.1. The monoisotopic (exact) mass is 313 g/mol. The van der Waals surface area contributed by atoms with Gasteiger partial charge in [-0.05, 0) is 42.3 Å². The molecule has 0 aromatic heterocycles. The lowest BCUT2D eigenvalue weighted by atomic mass is 10.2. The summed E-state index contributed by atoms with van der Waals surface area (Å²) in [7, 11) is -3.81. The van der Waals surface area contributed by atoms with Crippen LogP contribution in [0.4, 0.5) is 10.1 Å². The Morgan fingerprint density at radius 3 is 2.40 bits per heavy atom. The molecule has 106 valence electrons. The van der Waals surface area contributed by atoms with Crippen molar-refractivity contribution in [1.82, 2.24) is 0 Å². The van der Waals surface area contributed by atoms with E-state index < -0.39 is 15.8 Å². The molecule has 6 heteroatoms. The molecule has 0 saturated carbocycles. The zero-order valence-electron chi connectivity index (χ0n) is 10.7. The largest absolute Gasteiger partial charge is 0.280 e. The summed E-state index contributed by atoms with van der Waals surface area (Å²) in [5.41, 5.74) is 1.77. The second-order valence-corrected chi connectivity index (χ2v) is 6.26. The fraction of sp³-hybridized carbons (Fsp3) is 0.143. The fourth-order valence-electron chi connectivity index (χ4n) is 1.74. The van der Waals surface area contributed by atoms with Gasteiger partial charge in [-0.25, -0.2) is 12.8 Å². The minimum Gasteiger partial charge on any atom is -0.280 e. The van der Waals surface area contributed by atoms with Gasteiger partial charge in [0.05, 0.1) is 4.90 Å². The number of hydrogen-bond donors (Lipinski definition) is 1. The molecule has 0 spiro atoms. The summed E-state index contributed by atoms with van der Waals surface area (Å²) in [5, 5.41) is 0. The second-order valence-electron chi connectivity index (χ2n) is 4.35. The third-order valence-corrected chi connectivity index (χ3v) is 4.63. The van der Waals surface area contributed by atoms with E-state index in [0.717, 1.165) is 11.6 Å². The van der Waals surface area contributed by atoms with Gasteiger partial charge in [-0.1, -0.05) is 18.2 Å². The van der Waals surface area contributed by atoms with Crippen molar-refractivity contribution < 1.29 is 12.8 Å². The number of anilines is 1. The fourth-order valence-corrected chi connectivity index (χ4v) is 3.23. The first-order valence-corrected chi connectivity index (χ1v) is 7.88. The Morgan fingerprint density at radius 2 is 1.80 bits per heavy atom. The topological polar surface area (TPSA) is 46.2 Å². The zero-order chi connectivity index (χ0) is 14.8. The van der Waals surface area contributed by atoms with Gasteiger partial charge >= 0.3 is 0 Å². The molecule has 0 radical (unpaired) electrons. The second kappa shape index (κ2) is 5.81. The lowest BCUT2D eigenvalue weighted by molar-refractivity contribution is 0.594. The maximum Gasteiger partial charge on any atom is 0.262 e. The number of benzene rings is 2. The van der Waals surface area contributed by atoms with Gasteiger partial charge in [0, 0.05) is 11.6 Å². The Hall–Kier alpha value is -1.59. The van der Waals surface area contributed by atoms with Crippen molar-refractivity contribution >= 4 is 27.3 Å². The van der Waals surface area contributed by atoms with Crippen LogP contribution in [0.2, 0.25) is 0 Å². The zero-order valence-corrected chi connectivity index (χ0v) is 12.3. The molecule has 20 heavy (non-hydrogen) atoms. The summed E-state index contributed by atoms with van der Waals surface area (Å²) in [5.74, 6) is -0.232. The molecule has 0 atom stereocenters. The van der Waals surface area contributed by atoms with Gasteiger partial charge in [0.25, 0.3) is 10.0 Å². The van der Waals surface area contributed by atoms with Crippen LogP contribution in [0.3, 0.4) is 0 Å². The Kier molecular flexibility index (Phi) is 4.30. The highest BCUT2D eigenvalue weighted by molar-refractivity contribution is 7.92. The van der Waals surface area contributed by atoms with Crippen LogP contribution in [0.5, 0.6) is 0 Å². The van der Waals surface area contributed by atoms with Crippen LogP contribution in [0, 0.1) is 12.7 Å². The van der Waals surface area contributed by atoms with Crippen LogP contribution in [0.15, 0.2) is 47.4 Å². The van der Waals surface area contributed by atoms with Gasteiger partial charge in [-0.2, -0.15) is 0 Å². The third kappa shape index (κ3) is 3.29. The van der Waals surface area contributed by atoms with Crippen molar-refractivity contribution in [3.8, 4) is 0 Å². The molecule has 0 aliphatic rings. The number of aryl methyl sites for hydroxylation is 1. The first-order valence-electron chi connectivity index (χ1n) is 5.86. The maximum atomic E-state index is 13.2. The summed E-state index contributed by atoms with van der Waals surface area (Å²) in [4.78, 5) is -0.0704. The number of rotatable bonds is 4. The lowest BCUT2D eigenvalue weighted by Gasteiger charge is -2.10. The highest BCUT2D eigenvalue weighted by Crippen LogP contribution is 2.20. The van der Waals surface area contributed by atoms with E-state index in [9.17, 15) is 12.8 Å². The van der Waals surface area contributed by atoms with Gasteiger partial charge in [-0.15, -0.1) is 11.6 Å². The number of halogens is 2. The van der Waals surface area contributed by atoms with E-state index in [4.69, 9.17) is 11.6 Å². The minimum absolute atomic E-state index is 0.0704. The van der Waals surface area contributed by atoms with Gasteiger partial charge in [-0.3, -0.25) is 4.72 Å². The van der Waals surface area contributed by atoms with Crippen molar-refractivity contribution in [3.63, 3.8) is 0 Å². The number of nitrogens with one attached hydrogen (secondary N) is 1. The molecule has 0 heterocycles. The van der Waals surface area contributed by atoms with Crippen LogP contribution in [0.25, 0.3) is 0 Å². The summed E-state index contributed by atoms with van der Waals surface area (Å²) in [6.45, 7) is 1.62. The minimum atomic E-state index is -3.81. The average molecular weight is 314 g/mol. The van der Waals surface area contributed by atoms with E-state index in [2.05, 4.69) is 4.72 Å². The standard InChI is InChI=1S/C14H13ClFNO2S/c1-10-2-5-12(16)8-14(10)20(18,19)17-13-6-3-11(9-15)4-7-13/h2-8,17H,9H2,1H3. The molecule has 2 rings (SSSR count). The van der Waals surface area contributed by atoms with Crippen LogP contribution >= 0.6 is 11.6 Å². The molecule has 0 aliphatic carbocycles. The Bertz CT molecular complexity index is 714. The molecule has 0 amide bonds. The quantitative estimate of drug-likeness (QED) is 0.875. The number of sulfonamides is 1. The predicted octanol–water partition coefficient (Wildman–Crippen LogP) is 3.67. The molecule has 0 bridgehead atoms. The highest BCUT2D eigenvalue weighted by Gasteiger charge is 2.17. The van der Waals surface area contributed by atoms with Crippen molar-refractivity contribution in [2.45, 2.75) is 17.7 Å². The first-order chi connectivity index (χ1) is 9.42. The van der Waals surface area contributed by atoms with Gasteiger partial charge in [0.1, 0.15) is 5.82 Å². The van der Waals surface area contributed by atoms with Gasteiger partial charge < -0.3 is 0 Å². The Balaban J connectivity index is 2.32. The van der Waals surface area contributed by atoms with Crippen LogP contribution in [0.1, 0.15) is 11.1 Å².